The van der Waals surface area contributed by atoms with Gasteiger partial charge in [0.05, 0.1) is 0 Å². The van der Waals surface area contributed by atoms with Crippen LogP contribution in [0, 0.1) is 13.8 Å². The van der Waals surface area contributed by atoms with Crippen LogP contribution in [-0.4, -0.2) is 5.78 Å². The highest BCUT2D eigenvalue weighted by molar-refractivity contribution is 6.16. The number of carbonyl (C=O) groups excluding carboxylic acids is 1. The smallest absolute Gasteiger partial charge is 0.229 e. The molecule has 19 heavy (non-hydrogen) atoms. The van der Waals surface area contributed by atoms with Gasteiger partial charge in [-0.05, 0) is 42.3 Å². The molecule has 2 nitrogen and oxygen atoms in total. The second-order valence-corrected chi connectivity index (χ2v) is 4.72. The molecule has 0 aliphatic carbocycles. The zero-order valence-corrected chi connectivity index (χ0v) is 10.9. The molecule has 2 heteroatoms. The Morgan fingerprint density at radius 2 is 1.74 bits per heavy atom. The molecule has 1 heterocycles. The number of benzene rings is 2. The third kappa shape index (κ3) is 1.95. The van der Waals surface area contributed by atoms with Gasteiger partial charge in [0, 0.05) is 5.56 Å². The standard InChI is InChI=1S/C17H14O2/c1-11-7-9-13-5-3-4-6-14(13)16(11)17(18)15-10-8-12(2)19-15/h3-10H,1-2H3. The monoisotopic (exact) mass is 250 g/mol. The highest BCUT2D eigenvalue weighted by atomic mass is 16.3. The molecule has 0 aliphatic heterocycles. The van der Waals surface area contributed by atoms with Crippen LogP contribution in [0.4, 0.5) is 0 Å². The lowest BCUT2D eigenvalue weighted by Gasteiger charge is -2.08. The molecule has 0 radical (unpaired) electrons. The third-order valence-electron chi connectivity index (χ3n) is 3.33. The molecule has 0 spiro atoms. The van der Waals surface area contributed by atoms with Crippen LogP contribution in [0.15, 0.2) is 52.9 Å². The SMILES string of the molecule is Cc1ccc(C(=O)c2c(C)ccc3ccccc23)o1. The molecule has 3 rings (SSSR count). The summed E-state index contributed by atoms with van der Waals surface area (Å²) in [6.45, 7) is 3.79. The Balaban J connectivity index is 2.24. The van der Waals surface area contributed by atoms with Gasteiger partial charge in [0.1, 0.15) is 5.76 Å². The van der Waals surface area contributed by atoms with E-state index < -0.39 is 0 Å². The van der Waals surface area contributed by atoms with E-state index in [9.17, 15) is 4.79 Å². The number of hydrogen-bond acceptors (Lipinski definition) is 2. The van der Waals surface area contributed by atoms with Gasteiger partial charge in [-0.2, -0.15) is 0 Å². The van der Waals surface area contributed by atoms with Crippen LogP contribution < -0.4 is 0 Å². The van der Waals surface area contributed by atoms with E-state index in [0.717, 1.165) is 27.7 Å². The Labute approximate surface area is 111 Å². The minimum atomic E-state index is -0.0533. The van der Waals surface area contributed by atoms with Crippen molar-refractivity contribution in [3.8, 4) is 0 Å². The van der Waals surface area contributed by atoms with Crippen LogP contribution in [0.2, 0.25) is 0 Å². The van der Waals surface area contributed by atoms with E-state index in [1.165, 1.54) is 0 Å². The highest BCUT2D eigenvalue weighted by Gasteiger charge is 2.17. The van der Waals surface area contributed by atoms with Gasteiger partial charge in [0.2, 0.25) is 5.78 Å². The number of hydrogen-bond donors (Lipinski definition) is 0. The zero-order chi connectivity index (χ0) is 13.4. The van der Waals surface area contributed by atoms with E-state index in [1.807, 2.05) is 56.3 Å². The average Bonchev–Trinajstić information content (AvgIpc) is 2.85. The summed E-state index contributed by atoms with van der Waals surface area (Å²) in [7, 11) is 0. The largest absolute Gasteiger partial charge is 0.458 e. The van der Waals surface area contributed by atoms with Crippen molar-refractivity contribution >= 4 is 16.6 Å². The second kappa shape index (κ2) is 4.39. The number of fused-ring (bicyclic) bond motifs is 1. The van der Waals surface area contributed by atoms with Crippen molar-refractivity contribution in [2.75, 3.05) is 0 Å². The van der Waals surface area contributed by atoms with Gasteiger partial charge in [0.15, 0.2) is 5.76 Å². The van der Waals surface area contributed by atoms with Gasteiger partial charge in [-0.1, -0.05) is 36.4 Å². The quantitative estimate of drug-likeness (QED) is 0.635. The molecule has 0 aliphatic rings. The molecule has 3 aromatic rings. The van der Waals surface area contributed by atoms with Crippen molar-refractivity contribution in [1.29, 1.82) is 0 Å². The van der Waals surface area contributed by atoms with E-state index in [-0.39, 0.29) is 5.78 Å². The molecule has 0 saturated heterocycles. The van der Waals surface area contributed by atoms with Crippen LogP contribution in [0.25, 0.3) is 10.8 Å². The molecule has 1 aromatic heterocycles. The lowest BCUT2D eigenvalue weighted by atomic mass is 9.96. The van der Waals surface area contributed by atoms with Crippen LogP contribution in [0.3, 0.4) is 0 Å². The van der Waals surface area contributed by atoms with Crippen molar-refractivity contribution in [3.63, 3.8) is 0 Å². The predicted octanol–water partition coefficient (Wildman–Crippen LogP) is 4.28. The first kappa shape index (κ1) is 11.7. The van der Waals surface area contributed by atoms with Crippen LogP contribution in [-0.2, 0) is 0 Å². The van der Waals surface area contributed by atoms with E-state index >= 15 is 0 Å². The molecule has 0 bridgehead atoms. The summed E-state index contributed by atoms with van der Waals surface area (Å²) in [6, 6.07) is 15.5. The summed E-state index contributed by atoms with van der Waals surface area (Å²) in [6.07, 6.45) is 0. The van der Waals surface area contributed by atoms with E-state index in [1.54, 1.807) is 6.07 Å². The highest BCUT2D eigenvalue weighted by Crippen LogP contribution is 2.25. The molecule has 0 fully saturated rings. The Bertz CT molecular complexity index is 766. The Morgan fingerprint density at radius 1 is 0.947 bits per heavy atom. The lowest BCUT2D eigenvalue weighted by Crippen LogP contribution is -2.03. The van der Waals surface area contributed by atoms with Gasteiger partial charge in [-0.15, -0.1) is 0 Å². The number of rotatable bonds is 2. The van der Waals surface area contributed by atoms with E-state index in [0.29, 0.717) is 5.76 Å². The molecular formula is C17H14O2. The summed E-state index contributed by atoms with van der Waals surface area (Å²) in [5.41, 5.74) is 1.70. The van der Waals surface area contributed by atoms with Crippen LogP contribution >= 0.6 is 0 Å². The summed E-state index contributed by atoms with van der Waals surface area (Å²) >= 11 is 0. The molecule has 0 amide bonds. The van der Waals surface area contributed by atoms with Crippen molar-refractivity contribution in [2.24, 2.45) is 0 Å². The number of aryl methyl sites for hydroxylation is 2. The minimum absolute atomic E-state index is 0.0533. The molecular weight excluding hydrogens is 236 g/mol. The summed E-state index contributed by atoms with van der Waals surface area (Å²) in [5, 5.41) is 2.04. The number of ketones is 1. The fourth-order valence-electron chi connectivity index (χ4n) is 2.36. The van der Waals surface area contributed by atoms with Crippen molar-refractivity contribution in [3.05, 3.63) is 71.2 Å². The van der Waals surface area contributed by atoms with Gasteiger partial charge in [0.25, 0.3) is 0 Å². The van der Waals surface area contributed by atoms with Crippen molar-refractivity contribution < 1.29 is 9.21 Å². The summed E-state index contributed by atoms with van der Waals surface area (Å²) in [4.78, 5) is 12.6. The summed E-state index contributed by atoms with van der Waals surface area (Å²) in [5.74, 6) is 1.10. The predicted molar refractivity (Wildman–Crippen MR) is 75.6 cm³/mol. The summed E-state index contributed by atoms with van der Waals surface area (Å²) < 4.78 is 5.45. The van der Waals surface area contributed by atoms with Gasteiger partial charge in [-0.25, -0.2) is 0 Å². The van der Waals surface area contributed by atoms with Gasteiger partial charge in [-0.3, -0.25) is 4.79 Å². The first-order valence-corrected chi connectivity index (χ1v) is 6.26. The van der Waals surface area contributed by atoms with Crippen LogP contribution in [0.1, 0.15) is 27.4 Å². The number of furan rings is 1. The lowest BCUT2D eigenvalue weighted by molar-refractivity contribution is 0.101. The fourth-order valence-corrected chi connectivity index (χ4v) is 2.36. The maximum absolute atomic E-state index is 12.6. The molecule has 0 N–H and O–H groups in total. The molecule has 0 atom stereocenters. The first-order chi connectivity index (χ1) is 9.16. The Kier molecular flexibility index (Phi) is 2.71. The first-order valence-electron chi connectivity index (χ1n) is 6.26. The molecule has 94 valence electrons. The molecule has 0 unspecified atom stereocenters. The maximum atomic E-state index is 12.6. The normalized spacial score (nSPS) is 10.8. The van der Waals surface area contributed by atoms with Gasteiger partial charge < -0.3 is 4.42 Å². The maximum Gasteiger partial charge on any atom is 0.229 e. The van der Waals surface area contributed by atoms with Gasteiger partial charge >= 0.3 is 0 Å². The fraction of sp³-hybridized carbons (Fsp3) is 0.118. The average molecular weight is 250 g/mol. The number of carbonyl (C=O) groups is 1. The third-order valence-corrected chi connectivity index (χ3v) is 3.33. The zero-order valence-electron chi connectivity index (χ0n) is 10.9. The van der Waals surface area contributed by atoms with Crippen molar-refractivity contribution in [2.45, 2.75) is 13.8 Å². The van der Waals surface area contributed by atoms with Crippen molar-refractivity contribution in [1.82, 2.24) is 0 Å². The second-order valence-electron chi connectivity index (χ2n) is 4.72. The Morgan fingerprint density at radius 3 is 2.47 bits per heavy atom. The Hall–Kier alpha value is -2.35. The molecule has 2 aromatic carbocycles. The molecule has 0 saturated carbocycles. The minimum Gasteiger partial charge on any atom is -0.458 e. The van der Waals surface area contributed by atoms with E-state index in [4.69, 9.17) is 4.42 Å². The van der Waals surface area contributed by atoms with Crippen LogP contribution in [0.5, 0.6) is 0 Å². The van der Waals surface area contributed by atoms with E-state index in [2.05, 4.69) is 0 Å². The topological polar surface area (TPSA) is 30.2 Å².